The number of hydrogen-bond donors (Lipinski definition) is 2. The third-order valence-corrected chi connectivity index (χ3v) is 4.85. The van der Waals surface area contributed by atoms with E-state index in [2.05, 4.69) is 62.2 Å². The summed E-state index contributed by atoms with van der Waals surface area (Å²) in [6.45, 7) is 2.37. The van der Waals surface area contributed by atoms with Crippen molar-refractivity contribution in [3.8, 4) is 0 Å². The Bertz CT molecular complexity index is 1140. The fraction of sp³-hybridized carbons (Fsp3) is 0.208. The molecular weight excluding hydrogens is 388 g/mol. The molecule has 0 aliphatic heterocycles. The molecule has 0 radical (unpaired) electrons. The quantitative estimate of drug-likeness (QED) is 0.342. The van der Waals surface area contributed by atoms with Gasteiger partial charge in [0.25, 0.3) is 0 Å². The van der Waals surface area contributed by atoms with Crippen molar-refractivity contribution in [2.75, 3.05) is 7.05 Å². The molecule has 0 spiro atoms. The fourth-order valence-corrected chi connectivity index (χ4v) is 3.27. The van der Waals surface area contributed by atoms with E-state index < -0.39 is 0 Å². The van der Waals surface area contributed by atoms with Crippen LogP contribution in [0.1, 0.15) is 22.5 Å². The van der Waals surface area contributed by atoms with Gasteiger partial charge >= 0.3 is 0 Å². The van der Waals surface area contributed by atoms with Crippen LogP contribution in [0.15, 0.2) is 84.0 Å². The molecule has 31 heavy (non-hydrogen) atoms. The first-order valence-corrected chi connectivity index (χ1v) is 10.2. The van der Waals surface area contributed by atoms with Gasteiger partial charge in [-0.1, -0.05) is 60.7 Å². The van der Waals surface area contributed by atoms with Crippen LogP contribution in [-0.2, 0) is 31.0 Å². The molecule has 0 bridgehead atoms. The van der Waals surface area contributed by atoms with E-state index in [0.29, 0.717) is 32.3 Å². The number of hydrogen-bond acceptors (Lipinski definition) is 4. The Morgan fingerprint density at radius 3 is 2.45 bits per heavy atom. The third-order valence-electron chi connectivity index (χ3n) is 4.85. The van der Waals surface area contributed by atoms with Crippen LogP contribution in [0.4, 0.5) is 0 Å². The standard InChI is InChI=1S/C24H26N6O/c1-25-24(27-16-23-29-28-22-12-5-6-13-30(22)23)26-15-20-10-7-11-21(14-20)18-31-17-19-8-3-2-4-9-19/h2-14H,15-18H2,1H3,(H2,25,26,27). The maximum atomic E-state index is 5.85. The Kier molecular flexibility index (Phi) is 6.87. The molecule has 0 atom stereocenters. The Balaban J connectivity index is 1.27. The largest absolute Gasteiger partial charge is 0.372 e. The van der Waals surface area contributed by atoms with Crippen LogP contribution in [0, 0.1) is 0 Å². The van der Waals surface area contributed by atoms with E-state index in [-0.39, 0.29) is 0 Å². The zero-order valence-corrected chi connectivity index (χ0v) is 17.5. The lowest BCUT2D eigenvalue weighted by atomic mass is 10.1. The lowest BCUT2D eigenvalue weighted by Crippen LogP contribution is -2.36. The van der Waals surface area contributed by atoms with Crippen LogP contribution in [0.3, 0.4) is 0 Å². The molecule has 4 rings (SSSR count). The maximum absolute atomic E-state index is 5.85. The van der Waals surface area contributed by atoms with Gasteiger partial charge in [-0.2, -0.15) is 0 Å². The summed E-state index contributed by atoms with van der Waals surface area (Å²) in [7, 11) is 1.76. The van der Waals surface area contributed by atoms with Gasteiger partial charge in [0.05, 0.1) is 19.8 Å². The Hall–Kier alpha value is -3.71. The minimum Gasteiger partial charge on any atom is -0.372 e. The van der Waals surface area contributed by atoms with Crippen LogP contribution in [-0.4, -0.2) is 27.6 Å². The summed E-state index contributed by atoms with van der Waals surface area (Å²) in [6.07, 6.45) is 1.95. The molecule has 7 heteroatoms. The molecule has 0 aliphatic rings. The van der Waals surface area contributed by atoms with Crippen molar-refractivity contribution in [3.05, 3.63) is 102 Å². The van der Waals surface area contributed by atoms with Gasteiger partial charge in [0, 0.05) is 19.8 Å². The highest BCUT2D eigenvalue weighted by atomic mass is 16.5. The maximum Gasteiger partial charge on any atom is 0.191 e. The van der Waals surface area contributed by atoms with E-state index in [1.165, 1.54) is 5.56 Å². The molecule has 158 valence electrons. The van der Waals surface area contributed by atoms with Crippen LogP contribution < -0.4 is 10.6 Å². The lowest BCUT2D eigenvalue weighted by molar-refractivity contribution is 0.107. The summed E-state index contributed by atoms with van der Waals surface area (Å²) in [5.74, 6) is 1.54. The van der Waals surface area contributed by atoms with Crippen LogP contribution in [0.2, 0.25) is 0 Å². The van der Waals surface area contributed by atoms with Crippen LogP contribution in [0.25, 0.3) is 5.65 Å². The lowest BCUT2D eigenvalue weighted by Gasteiger charge is -2.12. The van der Waals surface area contributed by atoms with Gasteiger partial charge in [-0.15, -0.1) is 10.2 Å². The zero-order valence-electron chi connectivity index (χ0n) is 17.5. The van der Waals surface area contributed by atoms with E-state index >= 15 is 0 Å². The zero-order chi connectivity index (χ0) is 21.3. The number of fused-ring (bicyclic) bond motifs is 1. The summed E-state index contributed by atoms with van der Waals surface area (Å²) in [4.78, 5) is 4.30. The average molecular weight is 415 g/mol. The summed E-state index contributed by atoms with van der Waals surface area (Å²) >= 11 is 0. The van der Waals surface area contributed by atoms with Crippen molar-refractivity contribution in [2.24, 2.45) is 4.99 Å². The molecule has 4 aromatic rings. The third kappa shape index (κ3) is 5.67. The molecule has 7 nitrogen and oxygen atoms in total. The molecule has 0 aliphatic carbocycles. The predicted octanol–water partition coefficient (Wildman–Crippen LogP) is 3.31. The molecule has 2 heterocycles. The molecule has 0 amide bonds. The molecule has 0 unspecified atom stereocenters. The monoisotopic (exact) mass is 414 g/mol. The van der Waals surface area contributed by atoms with Gasteiger partial charge in [-0.05, 0) is 28.8 Å². The minimum atomic E-state index is 0.526. The second kappa shape index (κ2) is 10.4. The van der Waals surface area contributed by atoms with Gasteiger partial charge in [0.15, 0.2) is 17.4 Å². The normalized spacial score (nSPS) is 11.6. The Morgan fingerprint density at radius 1 is 0.839 bits per heavy atom. The van der Waals surface area contributed by atoms with Crippen LogP contribution >= 0.6 is 0 Å². The second-order valence-corrected chi connectivity index (χ2v) is 7.12. The van der Waals surface area contributed by atoms with Crippen molar-refractivity contribution >= 4 is 11.6 Å². The highest BCUT2D eigenvalue weighted by Gasteiger charge is 2.06. The SMILES string of the molecule is CN=C(NCc1cccc(COCc2ccccc2)c1)NCc1nnc2ccccn12. The van der Waals surface area contributed by atoms with E-state index in [1.807, 2.05) is 47.0 Å². The number of nitrogens with one attached hydrogen (secondary N) is 2. The Morgan fingerprint density at radius 2 is 1.58 bits per heavy atom. The van der Waals surface area contributed by atoms with Gasteiger partial charge in [-0.3, -0.25) is 9.39 Å². The van der Waals surface area contributed by atoms with E-state index in [4.69, 9.17) is 4.74 Å². The van der Waals surface area contributed by atoms with E-state index in [0.717, 1.165) is 22.6 Å². The van der Waals surface area contributed by atoms with E-state index in [1.54, 1.807) is 7.05 Å². The molecule has 2 aromatic heterocycles. The predicted molar refractivity (Wildman–Crippen MR) is 121 cm³/mol. The molecule has 0 saturated heterocycles. The average Bonchev–Trinajstić information content (AvgIpc) is 3.23. The van der Waals surface area contributed by atoms with Crippen molar-refractivity contribution in [1.29, 1.82) is 0 Å². The van der Waals surface area contributed by atoms with Gasteiger partial charge in [-0.25, -0.2) is 0 Å². The van der Waals surface area contributed by atoms with Gasteiger partial charge < -0.3 is 15.4 Å². The minimum absolute atomic E-state index is 0.526. The first-order chi connectivity index (χ1) is 15.3. The van der Waals surface area contributed by atoms with Crippen molar-refractivity contribution < 1.29 is 4.74 Å². The van der Waals surface area contributed by atoms with Gasteiger partial charge in [0.1, 0.15) is 0 Å². The number of aliphatic imine (C=N–C) groups is 1. The summed E-state index contributed by atoms with van der Waals surface area (Å²) < 4.78 is 7.81. The molecule has 2 N–H and O–H groups in total. The van der Waals surface area contributed by atoms with Crippen LogP contribution in [0.5, 0.6) is 0 Å². The summed E-state index contributed by atoms with van der Waals surface area (Å²) in [5, 5.41) is 15.0. The first-order valence-electron chi connectivity index (χ1n) is 10.2. The number of rotatable bonds is 8. The number of benzene rings is 2. The van der Waals surface area contributed by atoms with Crippen molar-refractivity contribution in [2.45, 2.75) is 26.3 Å². The molecule has 2 aromatic carbocycles. The number of nitrogens with zero attached hydrogens (tertiary/aromatic N) is 4. The first kappa shape index (κ1) is 20.6. The van der Waals surface area contributed by atoms with E-state index in [9.17, 15) is 0 Å². The number of aromatic nitrogens is 3. The van der Waals surface area contributed by atoms with Crippen molar-refractivity contribution in [3.63, 3.8) is 0 Å². The molecule has 0 fully saturated rings. The number of ether oxygens (including phenoxy) is 1. The summed E-state index contributed by atoms with van der Waals surface area (Å²) in [6, 6.07) is 24.4. The highest BCUT2D eigenvalue weighted by molar-refractivity contribution is 5.79. The topological polar surface area (TPSA) is 75.8 Å². The summed E-state index contributed by atoms with van der Waals surface area (Å²) in [5.41, 5.74) is 4.31. The Labute approximate surface area is 181 Å². The highest BCUT2D eigenvalue weighted by Crippen LogP contribution is 2.09. The number of pyridine rings is 1. The smallest absolute Gasteiger partial charge is 0.191 e. The molecule has 0 saturated carbocycles. The molecular formula is C24H26N6O. The fourth-order valence-electron chi connectivity index (χ4n) is 3.27. The second-order valence-electron chi connectivity index (χ2n) is 7.12. The number of guanidine groups is 1. The van der Waals surface area contributed by atoms with Gasteiger partial charge in [0.2, 0.25) is 0 Å². The van der Waals surface area contributed by atoms with Crippen molar-refractivity contribution in [1.82, 2.24) is 25.2 Å².